The number of rotatable bonds is 8. The number of hydrogen-bond acceptors (Lipinski definition) is 4. The van der Waals surface area contributed by atoms with Crippen molar-refractivity contribution in [2.75, 3.05) is 12.4 Å². The van der Waals surface area contributed by atoms with Crippen molar-refractivity contribution in [2.45, 2.75) is 13.2 Å². The van der Waals surface area contributed by atoms with Gasteiger partial charge in [0.15, 0.2) is 11.5 Å². The molecule has 0 aliphatic carbocycles. The zero-order valence-electron chi connectivity index (χ0n) is 15.9. The van der Waals surface area contributed by atoms with Gasteiger partial charge in [-0.3, -0.25) is 0 Å². The molecule has 5 nitrogen and oxygen atoms in total. The predicted molar refractivity (Wildman–Crippen MR) is 122 cm³/mol. The third-order valence-corrected chi connectivity index (χ3v) is 5.46. The summed E-state index contributed by atoms with van der Waals surface area (Å²) in [6, 6.07) is 15.7. The van der Waals surface area contributed by atoms with Gasteiger partial charge in [0.2, 0.25) is 0 Å². The quantitative estimate of drug-likeness (QED) is 0.355. The lowest BCUT2D eigenvalue weighted by Crippen LogP contribution is -2.04. The lowest BCUT2D eigenvalue weighted by atomic mass is 10.1. The van der Waals surface area contributed by atoms with E-state index in [4.69, 9.17) is 37.8 Å². The molecule has 0 atom stereocenters. The van der Waals surface area contributed by atoms with Crippen molar-refractivity contribution in [3.05, 3.63) is 85.8 Å². The van der Waals surface area contributed by atoms with Gasteiger partial charge in [-0.05, 0) is 64.0 Å². The van der Waals surface area contributed by atoms with Gasteiger partial charge in [-0.15, -0.1) is 0 Å². The fourth-order valence-corrected chi connectivity index (χ4v) is 3.84. The minimum absolute atomic E-state index is 0.225. The topological polar surface area (TPSA) is 67.8 Å². The van der Waals surface area contributed by atoms with E-state index in [1.807, 2.05) is 24.3 Å². The van der Waals surface area contributed by atoms with Gasteiger partial charge in [0, 0.05) is 27.8 Å². The van der Waals surface area contributed by atoms with Crippen LogP contribution in [0.5, 0.6) is 11.5 Å². The minimum atomic E-state index is -0.967. The molecule has 0 unspecified atom stereocenters. The maximum atomic E-state index is 11.1. The van der Waals surface area contributed by atoms with Crippen molar-refractivity contribution in [1.82, 2.24) is 0 Å². The smallest absolute Gasteiger partial charge is 0.335 e. The standard InChI is InChI=1S/C22H18BrCl2NO4/c1-29-20-8-13(11-26-17-4-2-3-14(9-17)22(27)28)7-18(23)21(20)30-12-15-5-6-16(24)10-19(15)25/h2-10,26H,11-12H2,1H3,(H,27,28). The summed E-state index contributed by atoms with van der Waals surface area (Å²) in [5, 5.41) is 13.4. The zero-order chi connectivity index (χ0) is 21.7. The van der Waals surface area contributed by atoms with Crippen molar-refractivity contribution in [3.8, 4) is 11.5 Å². The Morgan fingerprint density at radius 2 is 1.93 bits per heavy atom. The first-order chi connectivity index (χ1) is 14.4. The molecule has 156 valence electrons. The van der Waals surface area contributed by atoms with E-state index in [9.17, 15) is 4.79 Å². The highest BCUT2D eigenvalue weighted by Crippen LogP contribution is 2.38. The van der Waals surface area contributed by atoms with Crippen LogP contribution in [-0.4, -0.2) is 18.2 Å². The molecular weight excluding hydrogens is 493 g/mol. The molecule has 0 radical (unpaired) electrons. The normalized spacial score (nSPS) is 10.5. The van der Waals surface area contributed by atoms with Crippen LogP contribution in [0.4, 0.5) is 5.69 Å². The molecule has 0 spiro atoms. The van der Waals surface area contributed by atoms with E-state index in [2.05, 4.69) is 21.2 Å². The Bertz CT molecular complexity index is 1070. The summed E-state index contributed by atoms with van der Waals surface area (Å²) in [5.74, 6) is 0.149. The van der Waals surface area contributed by atoms with Crippen LogP contribution in [0.15, 0.2) is 59.1 Å². The van der Waals surface area contributed by atoms with Crippen LogP contribution in [0, 0.1) is 0 Å². The third kappa shape index (κ3) is 5.59. The summed E-state index contributed by atoms with van der Waals surface area (Å²) in [6.45, 7) is 0.728. The number of methoxy groups -OCH3 is 1. The van der Waals surface area contributed by atoms with Crippen LogP contribution in [0.2, 0.25) is 10.0 Å². The Kier molecular flexibility index (Phi) is 7.48. The molecule has 0 aliphatic heterocycles. The number of carboxylic acid groups (broad SMARTS) is 1. The number of hydrogen-bond donors (Lipinski definition) is 2. The Hall–Kier alpha value is -2.41. The van der Waals surface area contributed by atoms with E-state index in [0.717, 1.165) is 15.6 Å². The van der Waals surface area contributed by atoms with Crippen molar-refractivity contribution < 1.29 is 19.4 Å². The number of anilines is 1. The van der Waals surface area contributed by atoms with Gasteiger partial charge in [-0.25, -0.2) is 4.79 Å². The molecule has 30 heavy (non-hydrogen) atoms. The second kappa shape index (κ2) is 10.1. The SMILES string of the molecule is COc1cc(CNc2cccc(C(=O)O)c2)cc(Br)c1OCc1ccc(Cl)cc1Cl. The van der Waals surface area contributed by atoms with Gasteiger partial charge in [-0.2, -0.15) is 0 Å². The fourth-order valence-electron chi connectivity index (χ4n) is 2.77. The third-order valence-electron chi connectivity index (χ3n) is 4.28. The molecule has 0 heterocycles. The minimum Gasteiger partial charge on any atom is -0.493 e. The average Bonchev–Trinajstić information content (AvgIpc) is 2.72. The van der Waals surface area contributed by atoms with E-state index >= 15 is 0 Å². The molecule has 3 rings (SSSR count). The largest absolute Gasteiger partial charge is 0.493 e. The lowest BCUT2D eigenvalue weighted by Gasteiger charge is -2.16. The Labute approximate surface area is 192 Å². The number of benzene rings is 3. The maximum Gasteiger partial charge on any atom is 0.335 e. The molecule has 0 aromatic heterocycles. The molecule has 2 N–H and O–H groups in total. The fraction of sp³-hybridized carbons (Fsp3) is 0.136. The number of carboxylic acids is 1. The second-order valence-electron chi connectivity index (χ2n) is 6.37. The Balaban J connectivity index is 1.73. The highest BCUT2D eigenvalue weighted by molar-refractivity contribution is 9.10. The molecular formula is C22H18BrCl2NO4. The van der Waals surface area contributed by atoms with Gasteiger partial charge >= 0.3 is 5.97 Å². The van der Waals surface area contributed by atoms with E-state index < -0.39 is 5.97 Å². The van der Waals surface area contributed by atoms with Gasteiger partial charge in [0.05, 0.1) is 17.1 Å². The van der Waals surface area contributed by atoms with Crippen LogP contribution in [-0.2, 0) is 13.2 Å². The molecule has 0 saturated heterocycles. The number of aromatic carboxylic acids is 1. The highest BCUT2D eigenvalue weighted by atomic mass is 79.9. The second-order valence-corrected chi connectivity index (χ2v) is 8.07. The van der Waals surface area contributed by atoms with Crippen LogP contribution in [0.3, 0.4) is 0 Å². The van der Waals surface area contributed by atoms with Crippen molar-refractivity contribution in [3.63, 3.8) is 0 Å². The summed E-state index contributed by atoms with van der Waals surface area (Å²) < 4.78 is 12.2. The van der Waals surface area contributed by atoms with Crippen LogP contribution >= 0.6 is 39.1 Å². The van der Waals surface area contributed by atoms with Crippen LogP contribution in [0.25, 0.3) is 0 Å². The molecule has 0 aliphatic rings. The molecule has 0 amide bonds. The first kappa shape index (κ1) is 22.3. The number of nitrogens with one attached hydrogen (secondary N) is 1. The maximum absolute atomic E-state index is 11.1. The average molecular weight is 511 g/mol. The molecule has 0 bridgehead atoms. The van der Waals surface area contributed by atoms with Gasteiger partial charge < -0.3 is 19.9 Å². The van der Waals surface area contributed by atoms with Gasteiger partial charge in [-0.1, -0.05) is 35.3 Å². The summed E-state index contributed by atoms with van der Waals surface area (Å²) in [6.07, 6.45) is 0. The lowest BCUT2D eigenvalue weighted by molar-refractivity contribution is 0.0697. The first-order valence-electron chi connectivity index (χ1n) is 8.87. The highest BCUT2D eigenvalue weighted by Gasteiger charge is 2.13. The molecule has 0 fully saturated rings. The predicted octanol–water partition coefficient (Wildman–Crippen LogP) is 6.65. The molecule has 8 heteroatoms. The Morgan fingerprint density at radius 3 is 2.63 bits per heavy atom. The van der Waals surface area contributed by atoms with Crippen LogP contribution < -0.4 is 14.8 Å². The van der Waals surface area contributed by atoms with Crippen molar-refractivity contribution in [2.24, 2.45) is 0 Å². The summed E-state index contributed by atoms with van der Waals surface area (Å²) in [7, 11) is 1.57. The van der Waals surface area contributed by atoms with Gasteiger partial charge in [0.25, 0.3) is 0 Å². The van der Waals surface area contributed by atoms with E-state index in [-0.39, 0.29) is 12.2 Å². The molecule has 3 aromatic carbocycles. The van der Waals surface area contributed by atoms with Gasteiger partial charge in [0.1, 0.15) is 6.61 Å². The number of halogens is 3. The van der Waals surface area contributed by atoms with E-state index in [1.165, 1.54) is 0 Å². The van der Waals surface area contributed by atoms with Crippen molar-refractivity contribution in [1.29, 1.82) is 0 Å². The molecule has 3 aromatic rings. The first-order valence-corrected chi connectivity index (χ1v) is 10.4. The summed E-state index contributed by atoms with van der Waals surface area (Å²) in [5.41, 5.74) is 2.67. The van der Waals surface area contributed by atoms with Crippen molar-refractivity contribution >= 4 is 50.8 Å². The Morgan fingerprint density at radius 1 is 1.13 bits per heavy atom. The van der Waals surface area contributed by atoms with Crippen LogP contribution in [0.1, 0.15) is 21.5 Å². The summed E-state index contributed by atoms with van der Waals surface area (Å²) >= 11 is 15.7. The zero-order valence-corrected chi connectivity index (χ0v) is 19.0. The summed E-state index contributed by atoms with van der Waals surface area (Å²) in [4.78, 5) is 11.1. The number of ether oxygens (including phenoxy) is 2. The monoisotopic (exact) mass is 509 g/mol. The van der Waals surface area contributed by atoms with E-state index in [1.54, 1.807) is 37.4 Å². The molecule has 0 saturated carbocycles. The van der Waals surface area contributed by atoms with E-state index in [0.29, 0.717) is 33.8 Å². The number of carbonyl (C=O) groups is 1.